The fraction of sp³-hybridized carbons (Fsp3) is 0.727. The van der Waals surface area contributed by atoms with Crippen LogP contribution in [0.2, 0.25) is 0 Å². The molecule has 0 spiro atoms. The fourth-order valence-corrected chi connectivity index (χ4v) is 1.94. The SMILES string of the molecule is Cc1nc(CN(OOSC(C)C)C(C)C)cs1. The van der Waals surface area contributed by atoms with Crippen molar-refractivity contribution < 1.29 is 9.32 Å². The van der Waals surface area contributed by atoms with E-state index in [1.807, 2.05) is 12.3 Å². The van der Waals surface area contributed by atoms with E-state index in [0.717, 1.165) is 10.7 Å². The second-order valence-electron chi connectivity index (χ2n) is 4.31. The first-order valence-electron chi connectivity index (χ1n) is 5.66. The van der Waals surface area contributed by atoms with E-state index in [1.165, 1.54) is 12.0 Å². The second-order valence-corrected chi connectivity index (χ2v) is 6.65. The molecule has 98 valence electrons. The molecule has 0 saturated heterocycles. The Balaban J connectivity index is 2.43. The van der Waals surface area contributed by atoms with Crippen LogP contribution in [0.25, 0.3) is 0 Å². The van der Waals surface area contributed by atoms with Gasteiger partial charge in [0, 0.05) is 28.7 Å². The van der Waals surface area contributed by atoms with Crippen LogP contribution >= 0.6 is 23.4 Å². The van der Waals surface area contributed by atoms with Crippen LogP contribution in [0.4, 0.5) is 0 Å². The van der Waals surface area contributed by atoms with Crippen molar-refractivity contribution in [3.8, 4) is 0 Å². The van der Waals surface area contributed by atoms with Crippen molar-refractivity contribution in [2.24, 2.45) is 0 Å². The van der Waals surface area contributed by atoms with Crippen molar-refractivity contribution in [2.75, 3.05) is 0 Å². The topological polar surface area (TPSA) is 34.6 Å². The predicted octanol–water partition coefficient (Wildman–Crippen LogP) is 3.58. The highest BCUT2D eigenvalue weighted by Crippen LogP contribution is 2.16. The number of aromatic nitrogens is 1. The van der Waals surface area contributed by atoms with Gasteiger partial charge >= 0.3 is 0 Å². The number of thiazole rings is 1. The molecule has 0 atom stereocenters. The largest absolute Gasteiger partial charge is 0.245 e. The van der Waals surface area contributed by atoms with Gasteiger partial charge in [0.05, 0.1) is 17.2 Å². The average molecular weight is 276 g/mol. The van der Waals surface area contributed by atoms with Gasteiger partial charge in [0.15, 0.2) is 0 Å². The lowest BCUT2D eigenvalue weighted by molar-refractivity contribution is -0.375. The molecule has 0 fully saturated rings. The Morgan fingerprint density at radius 1 is 1.41 bits per heavy atom. The van der Waals surface area contributed by atoms with E-state index in [0.29, 0.717) is 11.8 Å². The lowest BCUT2D eigenvalue weighted by Gasteiger charge is -2.22. The summed E-state index contributed by atoms with van der Waals surface area (Å²) < 4.78 is 5.12. The van der Waals surface area contributed by atoms with Crippen LogP contribution in [0.5, 0.6) is 0 Å². The molecule has 0 bridgehead atoms. The zero-order valence-electron chi connectivity index (χ0n) is 11.0. The summed E-state index contributed by atoms with van der Waals surface area (Å²) in [6.45, 7) is 10.9. The third-order valence-electron chi connectivity index (χ3n) is 1.92. The second kappa shape index (κ2) is 7.33. The first kappa shape index (κ1) is 14.9. The summed E-state index contributed by atoms with van der Waals surface area (Å²) in [5.41, 5.74) is 1.01. The molecule has 0 aliphatic heterocycles. The van der Waals surface area contributed by atoms with E-state index in [2.05, 4.69) is 32.7 Å². The van der Waals surface area contributed by atoms with Crippen molar-refractivity contribution in [1.82, 2.24) is 10.0 Å². The van der Waals surface area contributed by atoms with E-state index in [-0.39, 0.29) is 6.04 Å². The predicted molar refractivity (Wildman–Crippen MR) is 72.4 cm³/mol. The zero-order chi connectivity index (χ0) is 12.8. The number of hydrogen-bond donors (Lipinski definition) is 0. The molecule has 1 aromatic rings. The molecule has 0 aliphatic carbocycles. The Hall–Kier alpha value is -0.140. The van der Waals surface area contributed by atoms with Crippen molar-refractivity contribution in [1.29, 1.82) is 0 Å². The van der Waals surface area contributed by atoms with Crippen LogP contribution in [0.1, 0.15) is 38.4 Å². The quantitative estimate of drug-likeness (QED) is 0.432. The highest BCUT2D eigenvalue weighted by atomic mass is 32.2. The third-order valence-corrected chi connectivity index (χ3v) is 3.26. The average Bonchev–Trinajstić information content (AvgIpc) is 2.62. The van der Waals surface area contributed by atoms with Crippen molar-refractivity contribution in [2.45, 2.75) is 52.5 Å². The summed E-state index contributed by atoms with van der Waals surface area (Å²) in [6.07, 6.45) is 0. The minimum Gasteiger partial charge on any atom is -0.245 e. The van der Waals surface area contributed by atoms with Gasteiger partial charge in [-0.25, -0.2) is 4.98 Å². The number of rotatable bonds is 7. The Labute approximate surface area is 111 Å². The van der Waals surface area contributed by atoms with E-state index < -0.39 is 0 Å². The maximum atomic E-state index is 5.29. The van der Waals surface area contributed by atoms with Crippen LogP contribution in [-0.4, -0.2) is 21.3 Å². The minimum atomic E-state index is 0.241. The summed E-state index contributed by atoms with van der Waals surface area (Å²) >= 11 is 2.96. The molecule has 0 amide bonds. The molecule has 1 aromatic heterocycles. The lowest BCUT2D eigenvalue weighted by Crippen LogP contribution is -2.30. The first-order chi connectivity index (χ1) is 7.99. The van der Waals surface area contributed by atoms with Gasteiger partial charge in [-0.1, -0.05) is 13.8 Å². The van der Waals surface area contributed by atoms with Gasteiger partial charge in [-0.05, 0) is 20.8 Å². The molecule has 0 radical (unpaired) electrons. The number of aryl methyl sites for hydroxylation is 1. The zero-order valence-corrected chi connectivity index (χ0v) is 12.6. The fourth-order valence-electron chi connectivity index (χ4n) is 1.07. The van der Waals surface area contributed by atoms with Gasteiger partial charge in [0.2, 0.25) is 0 Å². The molecule has 6 heteroatoms. The Kier molecular flexibility index (Phi) is 6.43. The molecule has 1 rings (SSSR count). The van der Waals surface area contributed by atoms with E-state index in [4.69, 9.17) is 9.32 Å². The van der Waals surface area contributed by atoms with Gasteiger partial charge in [-0.15, -0.1) is 25.7 Å². The number of hydroxylamine groups is 2. The summed E-state index contributed by atoms with van der Waals surface area (Å²) in [4.78, 5) is 9.70. The number of hydrogen-bond acceptors (Lipinski definition) is 6. The molecule has 0 saturated carbocycles. The minimum absolute atomic E-state index is 0.241. The van der Waals surface area contributed by atoms with Gasteiger partial charge in [0.1, 0.15) is 0 Å². The van der Waals surface area contributed by atoms with Crippen LogP contribution in [0.3, 0.4) is 0 Å². The maximum Gasteiger partial charge on any atom is 0.0897 e. The molecular weight excluding hydrogens is 256 g/mol. The van der Waals surface area contributed by atoms with Crippen LogP contribution in [0, 0.1) is 6.92 Å². The molecule has 0 unspecified atom stereocenters. The van der Waals surface area contributed by atoms with Crippen molar-refractivity contribution in [3.05, 3.63) is 16.1 Å². The standard InChI is InChI=1S/C11H20N2O2S2/c1-8(2)13(14-15-17-9(3)4)6-11-7-16-10(5)12-11/h7-9H,6H2,1-5H3. The van der Waals surface area contributed by atoms with E-state index in [9.17, 15) is 0 Å². The van der Waals surface area contributed by atoms with Gasteiger partial charge in [-0.2, -0.15) is 0 Å². The molecule has 0 aromatic carbocycles. The summed E-state index contributed by atoms with van der Waals surface area (Å²) in [6, 6.07) is 0.241. The Morgan fingerprint density at radius 3 is 2.59 bits per heavy atom. The van der Waals surface area contributed by atoms with E-state index in [1.54, 1.807) is 16.4 Å². The van der Waals surface area contributed by atoms with E-state index >= 15 is 0 Å². The molecule has 17 heavy (non-hydrogen) atoms. The molecule has 0 aliphatic rings. The van der Waals surface area contributed by atoms with Gasteiger partial charge < -0.3 is 0 Å². The van der Waals surface area contributed by atoms with Gasteiger partial charge in [-0.3, -0.25) is 0 Å². The smallest absolute Gasteiger partial charge is 0.0897 e. The Bertz CT molecular complexity index is 329. The highest BCUT2D eigenvalue weighted by molar-refractivity contribution is 7.95. The maximum absolute atomic E-state index is 5.29. The van der Waals surface area contributed by atoms with Crippen LogP contribution in [-0.2, 0) is 15.9 Å². The number of nitrogens with zero attached hydrogens (tertiary/aromatic N) is 2. The highest BCUT2D eigenvalue weighted by Gasteiger charge is 2.14. The normalized spacial score (nSPS) is 12.0. The Morgan fingerprint density at radius 2 is 2.12 bits per heavy atom. The summed E-state index contributed by atoms with van der Waals surface area (Å²) in [5, 5.41) is 5.28. The van der Waals surface area contributed by atoms with Gasteiger partial charge in [0.25, 0.3) is 0 Å². The molecule has 1 heterocycles. The third kappa shape index (κ3) is 5.83. The molecule has 4 nitrogen and oxygen atoms in total. The summed E-state index contributed by atoms with van der Waals surface area (Å²) in [7, 11) is 0. The lowest BCUT2D eigenvalue weighted by atomic mass is 10.3. The first-order valence-corrected chi connectivity index (χ1v) is 7.35. The van der Waals surface area contributed by atoms with Crippen molar-refractivity contribution >= 4 is 23.4 Å². The molecular formula is C11H20N2O2S2. The van der Waals surface area contributed by atoms with Crippen LogP contribution in [0.15, 0.2) is 5.38 Å². The monoisotopic (exact) mass is 276 g/mol. The summed E-state index contributed by atoms with van der Waals surface area (Å²) in [5.74, 6) is 0. The molecule has 0 N–H and O–H groups in total. The van der Waals surface area contributed by atoms with Crippen molar-refractivity contribution in [3.63, 3.8) is 0 Å². The van der Waals surface area contributed by atoms with Crippen LogP contribution < -0.4 is 0 Å².